The molecular weight excluding hydrogens is 262 g/mol. The van der Waals surface area contributed by atoms with E-state index < -0.39 is 17.9 Å². The van der Waals surface area contributed by atoms with Crippen molar-refractivity contribution in [1.82, 2.24) is 5.32 Å². The van der Waals surface area contributed by atoms with E-state index in [0.717, 1.165) is 5.56 Å². The van der Waals surface area contributed by atoms with Gasteiger partial charge in [-0.3, -0.25) is 9.59 Å². The van der Waals surface area contributed by atoms with Crippen LogP contribution in [0.1, 0.15) is 12.5 Å². The van der Waals surface area contributed by atoms with Crippen LogP contribution in [-0.2, 0) is 9.59 Å². The molecule has 0 radical (unpaired) electrons. The van der Waals surface area contributed by atoms with Crippen molar-refractivity contribution in [3.05, 3.63) is 29.8 Å². The molecule has 1 amide bonds. The molecule has 1 atom stereocenters. The van der Waals surface area contributed by atoms with Crippen LogP contribution >= 0.6 is 0 Å². The molecule has 0 fully saturated rings. The fraction of sp³-hybridized carbons (Fsp3) is 0.286. The van der Waals surface area contributed by atoms with E-state index in [2.05, 4.69) is 5.32 Å². The SMILES string of the molecule is CC(NC(=O)/C=C\c1ccc2c(c1)OCCO2)C(=O)O. The van der Waals surface area contributed by atoms with E-state index in [9.17, 15) is 9.59 Å². The summed E-state index contributed by atoms with van der Waals surface area (Å²) in [6.45, 7) is 2.42. The number of carbonyl (C=O) groups is 2. The van der Waals surface area contributed by atoms with Crippen molar-refractivity contribution in [2.75, 3.05) is 13.2 Å². The van der Waals surface area contributed by atoms with Gasteiger partial charge in [0.25, 0.3) is 0 Å². The third kappa shape index (κ3) is 3.50. The predicted molar refractivity (Wildman–Crippen MR) is 71.7 cm³/mol. The number of benzene rings is 1. The molecule has 106 valence electrons. The number of carboxylic acid groups (broad SMARTS) is 1. The van der Waals surface area contributed by atoms with Crippen molar-refractivity contribution in [3.8, 4) is 11.5 Å². The third-order valence-electron chi connectivity index (χ3n) is 2.72. The number of carbonyl (C=O) groups excluding carboxylic acids is 1. The molecule has 6 heteroatoms. The molecule has 1 aliphatic heterocycles. The molecule has 0 saturated heterocycles. The Morgan fingerprint density at radius 3 is 2.70 bits per heavy atom. The van der Waals surface area contributed by atoms with Crippen LogP contribution in [0.5, 0.6) is 11.5 Å². The molecule has 1 aromatic carbocycles. The fourth-order valence-electron chi connectivity index (χ4n) is 1.66. The van der Waals surface area contributed by atoms with Crippen LogP contribution < -0.4 is 14.8 Å². The zero-order valence-corrected chi connectivity index (χ0v) is 11.0. The highest BCUT2D eigenvalue weighted by atomic mass is 16.6. The molecule has 0 spiro atoms. The lowest BCUT2D eigenvalue weighted by atomic mass is 10.2. The molecule has 2 rings (SSSR count). The molecular formula is C14H15NO5. The van der Waals surface area contributed by atoms with Gasteiger partial charge in [-0.15, -0.1) is 0 Å². The lowest BCUT2D eigenvalue weighted by Crippen LogP contribution is -2.37. The maximum Gasteiger partial charge on any atom is 0.325 e. The first-order chi connectivity index (χ1) is 9.56. The number of ether oxygens (including phenoxy) is 2. The van der Waals surface area contributed by atoms with Gasteiger partial charge in [-0.1, -0.05) is 6.07 Å². The van der Waals surface area contributed by atoms with E-state index in [0.29, 0.717) is 24.7 Å². The Balaban J connectivity index is 2.00. The van der Waals surface area contributed by atoms with E-state index >= 15 is 0 Å². The molecule has 2 N–H and O–H groups in total. The van der Waals surface area contributed by atoms with Gasteiger partial charge in [0.1, 0.15) is 19.3 Å². The van der Waals surface area contributed by atoms with Gasteiger partial charge in [0, 0.05) is 6.08 Å². The summed E-state index contributed by atoms with van der Waals surface area (Å²) in [5.41, 5.74) is 0.771. The summed E-state index contributed by atoms with van der Waals surface area (Å²) in [6, 6.07) is 4.40. The number of aliphatic carboxylic acids is 1. The molecule has 20 heavy (non-hydrogen) atoms. The second kappa shape index (κ2) is 6.10. The van der Waals surface area contributed by atoms with Gasteiger partial charge >= 0.3 is 5.97 Å². The average molecular weight is 277 g/mol. The Hall–Kier alpha value is -2.50. The molecule has 1 unspecified atom stereocenters. The van der Waals surface area contributed by atoms with Crippen LogP contribution in [0.3, 0.4) is 0 Å². The summed E-state index contributed by atoms with van der Waals surface area (Å²) in [7, 11) is 0. The Morgan fingerprint density at radius 1 is 1.30 bits per heavy atom. The minimum absolute atomic E-state index is 0.463. The number of hydrogen-bond acceptors (Lipinski definition) is 4. The number of rotatable bonds is 4. The lowest BCUT2D eigenvalue weighted by molar-refractivity contribution is -0.140. The Bertz CT molecular complexity index is 552. The van der Waals surface area contributed by atoms with Gasteiger partial charge in [-0.25, -0.2) is 0 Å². The third-order valence-corrected chi connectivity index (χ3v) is 2.72. The van der Waals surface area contributed by atoms with E-state index in [1.807, 2.05) is 0 Å². The summed E-state index contributed by atoms with van der Waals surface area (Å²) < 4.78 is 10.8. The number of hydrogen-bond donors (Lipinski definition) is 2. The number of amides is 1. The van der Waals surface area contributed by atoms with Crippen molar-refractivity contribution >= 4 is 18.0 Å². The zero-order chi connectivity index (χ0) is 14.5. The van der Waals surface area contributed by atoms with Gasteiger partial charge in [0.05, 0.1) is 0 Å². The second-order valence-corrected chi connectivity index (χ2v) is 4.30. The topological polar surface area (TPSA) is 84.9 Å². The zero-order valence-electron chi connectivity index (χ0n) is 11.0. The normalized spacial score (nSPS) is 14.8. The molecule has 1 aromatic rings. The van der Waals surface area contributed by atoms with Crippen LogP contribution in [0.2, 0.25) is 0 Å². The molecule has 1 aliphatic rings. The first-order valence-corrected chi connectivity index (χ1v) is 6.17. The lowest BCUT2D eigenvalue weighted by Gasteiger charge is -2.18. The molecule has 1 heterocycles. The molecule has 0 aromatic heterocycles. The van der Waals surface area contributed by atoms with Crippen LogP contribution in [0.15, 0.2) is 24.3 Å². The van der Waals surface area contributed by atoms with Crippen molar-refractivity contribution in [2.45, 2.75) is 13.0 Å². The standard InChI is InChI=1S/C14H15NO5/c1-9(14(17)18)15-13(16)5-3-10-2-4-11-12(8-10)20-7-6-19-11/h2-5,8-9H,6-7H2,1H3,(H,15,16)(H,17,18)/b5-3-. The summed E-state index contributed by atoms with van der Waals surface area (Å²) in [6.07, 6.45) is 2.87. The van der Waals surface area contributed by atoms with Gasteiger partial charge in [-0.05, 0) is 30.7 Å². The van der Waals surface area contributed by atoms with Crippen LogP contribution in [0.25, 0.3) is 6.08 Å². The molecule has 6 nitrogen and oxygen atoms in total. The number of nitrogens with one attached hydrogen (secondary N) is 1. The highest BCUT2D eigenvalue weighted by molar-refractivity contribution is 5.94. The van der Waals surface area contributed by atoms with Crippen LogP contribution in [-0.4, -0.2) is 36.2 Å². The van der Waals surface area contributed by atoms with Gasteiger partial charge in [0.15, 0.2) is 11.5 Å². The first kappa shape index (κ1) is 13.9. The van der Waals surface area contributed by atoms with Crippen LogP contribution in [0, 0.1) is 0 Å². The van der Waals surface area contributed by atoms with E-state index in [1.165, 1.54) is 13.0 Å². The van der Waals surface area contributed by atoms with Crippen LogP contribution in [0.4, 0.5) is 0 Å². The minimum Gasteiger partial charge on any atom is -0.486 e. The second-order valence-electron chi connectivity index (χ2n) is 4.30. The quantitative estimate of drug-likeness (QED) is 0.804. The Kier molecular flexibility index (Phi) is 4.24. The molecule has 0 aliphatic carbocycles. The summed E-state index contributed by atoms with van der Waals surface area (Å²) in [5, 5.41) is 11.0. The summed E-state index contributed by atoms with van der Waals surface area (Å²) in [4.78, 5) is 22.1. The van der Waals surface area contributed by atoms with Crippen molar-refractivity contribution in [2.24, 2.45) is 0 Å². The van der Waals surface area contributed by atoms with E-state index in [-0.39, 0.29) is 0 Å². The molecule has 0 saturated carbocycles. The average Bonchev–Trinajstić information content (AvgIpc) is 2.44. The first-order valence-electron chi connectivity index (χ1n) is 6.17. The van der Waals surface area contributed by atoms with Gasteiger partial charge in [0.2, 0.25) is 5.91 Å². The minimum atomic E-state index is -1.08. The number of fused-ring (bicyclic) bond motifs is 1. The van der Waals surface area contributed by atoms with Crippen molar-refractivity contribution in [1.29, 1.82) is 0 Å². The fourth-order valence-corrected chi connectivity index (χ4v) is 1.66. The monoisotopic (exact) mass is 277 g/mol. The summed E-state index contributed by atoms with van der Waals surface area (Å²) >= 11 is 0. The smallest absolute Gasteiger partial charge is 0.325 e. The molecule has 0 bridgehead atoms. The maximum atomic E-state index is 11.5. The predicted octanol–water partition coefficient (Wildman–Crippen LogP) is 1.06. The Labute approximate surface area is 116 Å². The highest BCUT2D eigenvalue weighted by Gasteiger charge is 2.12. The number of carboxylic acids is 1. The van der Waals surface area contributed by atoms with Gasteiger partial charge < -0.3 is 19.9 Å². The van der Waals surface area contributed by atoms with Crippen molar-refractivity contribution < 1.29 is 24.2 Å². The van der Waals surface area contributed by atoms with Gasteiger partial charge in [-0.2, -0.15) is 0 Å². The van der Waals surface area contributed by atoms with Crippen molar-refractivity contribution in [3.63, 3.8) is 0 Å². The largest absolute Gasteiger partial charge is 0.486 e. The summed E-state index contributed by atoms with van der Waals surface area (Å²) in [5.74, 6) is -0.226. The Morgan fingerprint density at radius 2 is 2.00 bits per heavy atom. The highest BCUT2D eigenvalue weighted by Crippen LogP contribution is 2.30. The maximum absolute atomic E-state index is 11.5. The van der Waals surface area contributed by atoms with E-state index in [1.54, 1.807) is 24.3 Å². The van der Waals surface area contributed by atoms with E-state index in [4.69, 9.17) is 14.6 Å².